The van der Waals surface area contributed by atoms with Gasteiger partial charge in [0.15, 0.2) is 5.82 Å². The lowest BCUT2D eigenvalue weighted by Gasteiger charge is -2.39. The number of para-hydroxylation sites is 1. The van der Waals surface area contributed by atoms with Crippen molar-refractivity contribution >= 4 is 16.6 Å². The van der Waals surface area contributed by atoms with Crippen molar-refractivity contribution in [3.05, 3.63) is 117 Å². The Bertz CT molecular complexity index is 1670. The minimum atomic E-state index is -0.472. The molecule has 6 rings (SSSR count). The first-order valence-electron chi connectivity index (χ1n) is 13.2. The summed E-state index contributed by atoms with van der Waals surface area (Å²) >= 11 is 0. The molecule has 1 aliphatic heterocycles. The van der Waals surface area contributed by atoms with E-state index >= 15 is 0 Å². The van der Waals surface area contributed by atoms with Crippen LogP contribution >= 0.6 is 0 Å². The van der Waals surface area contributed by atoms with E-state index < -0.39 is 6.04 Å². The number of rotatable bonds is 6. The molecule has 1 fully saturated rings. The van der Waals surface area contributed by atoms with Gasteiger partial charge in [0.25, 0.3) is 5.56 Å². The number of piperazine rings is 1. The van der Waals surface area contributed by atoms with Gasteiger partial charge in [0.2, 0.25) is 0 Å². The van der Waals surface area contributed by atoms with E-state index in [-0.39, 0.29) is 11.4 Å². The third-order valence-electron chi connectivity index (χ3n) is 7.47. The highest BCUT2D eigenvalue weighted by molar-refractivity contribution is 5.83. The highest BCUT2D eigenvalue weighted by Gasteiger charge is 2.33. The number of hydrogen-bond acceptors (Lipinski definition) is 6. The third kappa shape index (κ3) is 4.93. The molecule has 0 unspecified atom stereocenters. The normalized spacial score (nSPS) is 15.1. The predicted molar refractivity (Wildman–Crippen MR) is 149 cm³/mol. The van der Waals surface area contributed by atoms with Crippen LogP contribution in [0.1, 0.15) is 34.1 Å². The van der Waals surface area contributed by atoms with Crippen molar-refractivity contribution in [2.45, 2.75) is 26.4 Å². The molecule has 9 heteroatoms. The first-order valence-corrected chi connectivity index (χ1v) is 13.2. The lowest BCUT2D eigenvalue weighted by Crippen LogP contribution is -2.49. The van der Waals surface area contributed by atoms with Gasteiger partial charge in [-0.15, -0.1) is 5.10 Å². The van der Waals surface area contributed by atoms with E-state index in [0.29, 0.717) is 49.8 Å². The summed E-state index contributed by atoms with van der Waals surface area (Å²) in [5.41, 5.74) is 5.08. The Morgan fingerprint density at radius 2 is 1.69 bits per heavy atom. The highest BCUT2D eigenvalue weighted by atomic mass is 19.1. The largest absolute Gasteiger partial charge is 0.367 e. The standard InChI is InChI=1S/C30H30FN7O/c1-20-16-21(2)27-23(17-20)18-24(30(39)32-27)28(29-33-34-35-38(29)19-22-8-4-3-5-9-22)37-14-12-36(13-15-37)26-11-7-6-10-25(26)31/h3-11,16-18,28H,12-15,19H2,1-2H3,(H,32,39)/t28-/m1/s1. The molecule has 0 bridgehead atoms. The molecule has 1 aliphatic rings. The molecular weight excluding hydrogens is 493 g/mol. The van der Waals surface area contributed by atoms with Crippen molar-refractivity contribution < 1.29 is 4.39 Å². The third-order valence-corrected chi connectivity index (χ3v) is 7.47. The van der Waals surface area contributed by atoms with Gasteiger partial charge < -0.3 is 9.88 Å². The van der Waals surface area contributed by atoms with Crippen LogP contribution < -0.4 is 10.5 Å². The van der Waals surface area contributed by atoms with E-state index in [0.717, 1.165) is 27.6 Å². The second-order valence-corrected chi connectivity index (χ2v) is 10.2. The summed E-state index contributed by atoms with van der Waals surface area (Å²) in [7, 11) is 0. The van der Waals surface area contributed by atoms with Gasteiger partial charge in [0, 0.05) is 31.7 Å². The van der Waals surface area contributed by atoms with E-state index in [1.165, 1.54) is 6.07 Å². The van der Waals surface area contributed by atoms with Crippen molar-refractivity contribution in [1.82, 2.24) is 30.1 Å². The minimum Gasteiger partial charge on any atom is -0.367 e. The second kappa shape index (κ2) is 10.4. The van der Waals surface area contributed by atoms with Crippen LogP contribution in [0.3, 0.4) is 0 Å². The average Bonchev–Trinajstić information content (AvgIpc) is 3.38. The molecule has 0 saturated carbocycles. The maximum absolute atomic E-state index is 14.5. The number of hydrogen-bond donors (Lipinski definition) is 1. The lowest BCUT2D eigenvalue weighted by atomic mass is 10.00. The Hall–Kier alpha value is -4.37. The van der Waals surface area contributed by atoms with Gasteiger partial charge in [0.1, 0.15) is 11.9 Å². The number of nitrogens with zero attached hydrogens (tertiary/aromatic N) is 6. The van der Waals surface area contributed by atoms with Crippen molar-refractivity contribution in [2.24, 2.45) is 0 Å². The van der Waals surface area contributed by atoms with Crippen LogP contribution in [0, 0.1) is 19.7 Å². The fourth-order valence-corrected chi connectivity index (χ4v) is 5.61. The summed E-state index contributed by atoms with van der Waals surface area (Å²) in [6, 6.07) is 22.5. The number of H-pyrrole nitrogens is 1. The molecule has 39 heavy (non-hydrogen) atoms. The minimum absolute atomic E-state index is 0.162. The molecule has 0 aliphatic carbocycles. The summed E-state index contributed by atoms with van der Waals surface area (Å²) in [5.74, 6) is 0.374. The van der Waals surface area contributed by atoms with E-state index in [1.54, 1.807) is 10.7 Å². The van der Waals surface area contributed by atoms with Gasteiger partial charge in [-0.25, -0.2) is 9.07 Å². The molecule has 3 aromatic carbocycles. The van der Waals surface area contributed by atoms with Crippen molar-refractivity contribution in [3.8, 4) is 0 Å². The highest BCUT2D eigenvalue weighted by Crippen LogP contribution is 2.30. The molecule has 1 saturated heterocycles. The SMILES string of the molecule is Cc1cc(C)c2[nH]c(=O)c([C@H](c3nnnn3Cc3ccccc3)N3CCN(c4ccccc4F)CC3)cc2c1. The van der Waals surface area contributed by atoms with Crippen LogP contribution in [0.15, 0.2) is 77.6 Å². The van der Waals surface area contributed by atoms with Gasteiger partial charge >= 0.3 is 0 Å². The second-order valence-electron chi connectivity index (χ2n) is 10.2. The molecule has 198 valence electrons. The number of benzene rings is 3. The molecule has 0 radical (unpaired) electrons. The summed E-state index contributed by atoms with van der Waals surface area (Å²) in [4.78, 5) is 21.0. The number of aromatic nitrogens is 5. The van der Waals surface area contributed by atoms with Gasteiger partial charge in [-0.05, 0) is 65.1 Å². The van der Waals surface area contributed by atoms with Crippen LogP contribution in [0.25, 0.3) is 10.9 Å². The van der Waals surface area contributed by atoms with E-state index in [1.807, 2.05) is 60.4 Å². The first-order chi connectivity index (χ1) is 19.0. The van der Waals surface area contributed by atoms with Gasteiger partial charge in [0.05, 0.1) is 17.7 Å². The number of aryl methyl sites for hydroxylation is 2. The number of tetrazole rings is 1. The number of aromatic amines is 1. The summed E-state index contributed by atoms with van der Waals surface area (Å²) in [5, 5.41) is 13.7. The molecule has 0 amide bonds. The molecule has 8 nitrogen and oxygen atoms in total. The molecule has 0 spiro atoms. The summed E-state index contributed by atoms with van der Waals surface area (Å²) in [6.07, 6.45) is 0. The number of fused-ring (bicyclic) bond motifs is 1. The van der Waals surface area contributed by atoms with Crippen LogP contribution in [-0.4, -0.2) is 56.3 Å². The molecule has 1 N–H and O–H groups in total. The fourth-order valence-electron chi connectivity index (χ4n) is 5.61. The zero-order chi connectivity index (χ0) is 26.9. The molecule has 1 atom stereocenters. The van der Waals surface area contributed by atoms with Crippen molar-refractivity contribution in [2.75, 3.05) is 31.1 Å². The van der Waals surface area contributed by atoms with E-state index in [9.17, 15) is 9.18 Å². The Kier molecular flexibility index (Phi) is 6.66. The Morgan fingerprint density at radius 1 is 0.949 bits per heavy atom. The number of halogens is 1. The first kappa shape index (κ1) is 24.9. The van der Waals surface area contributed by atoms with Gasteiger partial charge in [-0.2, -0.15) is 0 Å². The lowest BCUT2D eigenvalue weighted by molar-refractivity contribution is 0.200. The Labute approximate surface area is 225 Å². The zero-order valence-corrected chi connectivity index (χ0v) is 22.0. The monoisotopic (exact) mass is 523 g/mol. The van der Waals surface area contributed by atoms with E-state index in [4.69, 9.17) is 0 Å². The molecule has 3 heterocycles. The smallest absolute Gasteiger partial charge is 0.253 e. The topological polar surface area (TPSA) is 82.9 Å². The number of anilines is 1. The van der Waals surface area contributed by atoms with Crippen LogP contribution in [0.2, 0.25) is 0 Å². The van der Waals surface area contributed by atoms with Crippen molar-refractivity contribution in [3.63, 3.8) is 0 Å². The quantitative estimate of drug-likeness (QED) is 0.359. The Balaban J connectivity index is 1.41. The molecular formula is C30H30FN7O. The van der Waals surface area contributed by atoms with Crippen LogP contribution in [0.5, 0.6) is 0 Å². The maximum Gasteiger partial charge on any atom is 0.253 e. The summed E-state index contributed by atoms with van der Waals surface area (Å²) < 4.78 is 16.3. The number of nitrogens with one attached hydrogen (secondary N) is 1. The maximum atomic E-state index is 14.5. The fraction of sp³-hybridized carbons (Fsp3) is 0.267. The van der Waals surface area contributed by atoms with Crippen LogP contribution in [-0.2, 0) is 6.54 Å². The van der Waals surface area contributed by atoms with E-state index in [2.05, 4.69) is 44.5 Å². The molecule has 2 aromatic heterocycles. The van der Waals surface area contributed by atoms with Crippen LogP contribution in [0.4, 0.5) is 10.1 Å². The predicted octanol–water partition coefficient (Wildman–Crippen LogP) is 4.23. The van der Waals surface area contributed by atoms with Gasteiger partial charge in [-0.3, -0.25) is 9.69 Å². The van der Waals surface area contributed by atoms with Crippen molar-refractivity contribution in [1.29, 1.82) is 0 Å². The molecule has 5 aromatic rings. The summed E-state index contributed by atoms with van der Waals surface area (Å²) in [6.45, 7) is 6.99. The Morgan fingerprint density at radius 3 is 2.46 bits per heavy atom. The van der Waals surface area contributed by atoms with Gasteiger partial charge in [-0.1, -0.05) is 54.1 Å². The average molecular weight is 524 g/mol. The number of pyridine rings is 1. The zero-order valence-electron chi connectivity index (χ0n) is 22.0.